The van der Waals surface area contributed by atoms with Gasteiger partial charge >= 0.3 is 5.97 Å². The number of hydrogen-bond donors (Lipinski definition) is 1. The number of aliphatic hydroxyl groups is 1. The van der Waals surface area contributed by atoms with Gasteiger partial charge in [-0.15, -0.1) is 0 Å². The quantitative estimate of drug-likeness (QED) is 0.219. The molecule has 0 aliphatic carbocycles. The van der Waals surface area contributed by atoms with Crippen molar-refractivity contribution in [3.05, 3.63) is 63.4 Å². The Hall–Kier alpha value is -2.56. The van der Waals surface area contributed by atoms with Gasteiger partial charge in [0, 0.05) is 32.7 Å². The molecule has 6 nitrogen and oxygen atoms in total. The molecule has 2 aliphatic rings. The summed E-state index contributed by atoms with van der Waals surface area (Å²) >= 11 is 0. The zero-order valence-corrected chi connectivity index (χ0v) is 25.8. The standard InChI is InChI=1S/C30H40N2O4Si2/c1-8-30(35)22-18-24-26-21(17-20-11-9-10-12-23(20)31-26)19-32(24)27(33)25(22)29(36-28(30)34,13-15-37(2,3)4)14-16-38(5,6)7/h9-12,17-18,35H,8,13-16,19H2,1-7H3/t30-/m0/s1. The SMILES string of the molecule is CC[C@@]1(O)C(=O)OC(CC[Si](C)(C)C)(CC[Si](C)(C)C)c2c1cc1n(c2=O)Cc2cc3ccccc3nc2-1. The third-order valence-electron chi connectivity index (χ3n) is 8.27. The van der Waals surface area contributed by atoms with E-state index in [4.69, 9.17) is 9.72 Å². The van der Waals surface area contributed by atoms with E-state index in [0.717, 1.165) is 34.2 Å². The molecule has 2 aliphatic heterocycles. The number of pyridine rings is 2. The first kappa shape index (κ1) is 27.0. The maximum Gasteiger partial charge on any atom is 0.343 e. The smallest absolute Gasteiger partial charge is 0.343 e. The number of cyclic esters (lactones) is 1. The van der Waals surface area contributed by atoms with Crippen molar-refractivity contribution in [3.8, 4) is 11.4 Å². The normalized spacial score (nSPS) is 20.2. The maximum absolute atomic E-state index is 14.5. The van der Waals surface area contributed by atoms with Gasteiger partial charge in [0.2, 0.25) is 0 Å². The zero-order valence-electron chi connectivity index (χ0n) is 23.8. The summed E-state index contributed by atoms with van der Waals surface area (Å²) in [6.07, 6.45) is 1.35. The molecule has 8 heteroatoms. The summed E-state index contributed by atoms with van der Waals surface area (Å²) in [6, 6.07) is 13.7. The molecule has 1 N–H and O–H groups in total. The highest BCUT2D eigenvalue weighted by atomic mass is 28.3. The van der Waals surface area contributed by atoms with E-state index >= 15 is 0 Å². The Labute approximate surface area is 227 Å². The minimum Gasteiger partial charge on any atom is -0.452 e. The molecule has 1 aromatic carbocycles. The van der Waals surface area contributed by atoms with Crippen LogP contribution in [0.1, 0.15) is 42.9 Å². The number of carbonyl (C=O) groups excluding carboxylic acids is 1. The number of aromatic nitrogens is 2. The molecule has 0 spiro atoms. The lowest BCUT2D eigenvalue weighted by atomic mass is 9.76. The summed E-state index contributed by atoms with van der Waals surface area (Å²) in [5.41, 5.74) is 1.10. The highest BCUT2D eigenvalue weighted by Gasteiger charge is 2.55. The molecule has 0 unspecified atom stereocenters. The van der Waals surface area contributed by atoms with E-state index in [0.29, 0.717) is 36.2 Å². The summed E-state index contributed by atoms with van der Waals surface area (Å²) in [4.78, 5) is 33.0. The minimum atomic E-state index is -1.86. The predicted molar refractivity (Wildman–Crippen MR) is 158 cm³/mol. The molecule has 0 amide bonds. The van der Waals surface area contributed by atoms with Gasteiger partial charge in [-0.2, -0.15) is 0 Å². The van der Waals surface area contributed by atoms with Crippen molar-refractivity contribution < 1.29 is 14.6 Å². The van der Waals surface area contributed by atoms with Crippen molar-refractivity contribution in [2.45, 2.75) is 95.3 Å². The van der Waals surface area contributed by atoms with E-state index < -0.39 is 33.3 Å². The fraction of sp³-hybridized carbons (Fsp3) is 0.500. The third-order valence-corrected chi connectivity index (χ3v) is 11.8. The molecular weight excluding hydrogens is 509 g/mol. The summed E-state index contributed by atoms with van der Waals surface area (Å²) < 4.78 is 8.09. The Balaban J connectivity index is 1.77. The first-order chi connectivity index (χ1) is 17.7. The van der Waals surface area contributed by atoms with Crippen molar-refractivity contribution in [2.24, 2.45) is 0 Å². The van der Waals surface area contributed by atoms with Crippen LogP contribution < -0.4 is 5.56 Å². The van der Waals surface area contributed by atoms with Gasteiger partial charge in [0.25, 0.3) is 5.56 Å². The molecular formula is C30H40N2O4Si2. The lowest BCUT2D eigenvalue weighted by Crippen LogP contribution is -2.54. The second-order valence-corrected chi connectivity index (χ2v) is 24.9. The lowest BCUT2D eigenvalue weighted by molar-refractivity contribution is -0.193. The van der Waals surface area contributed by atoms with Crippen molar-refractivity contribution in [1.29, 1.82) is 0 Å². The molecule has 0 saturated heterocycles. The molecule has 0 bridgehead atoms. The van der Waals surface area contributed by atoms with Crippen LogP contribution in [0.5, 0.6) is 0 Å². The van der Waals surface area contributed by atoms with Gasteiger partial charge in [0.05, 0.1) is 29.0 Å². The van der Waals surface area contributed by atoms with Crippen LogP contribution in [0.2, 0.25) is 51.4 Å². The van der Waals surface area contributed by atoms with Crippen LogP contribution in [-0.2, 0) is 27.3 Å². The summed E-state index contributed by atoms with van der Waals surface area (Å²) in [7, 11) is -3.06. The number of nitrogens with zero attached hydrogens (tertiary/aromatic N) is 2. The maximum atomic E-state index is 14.5. The van der Waals surface area contributed by atoms with E-state index in [1.54, 1.807) is 11.5 Å². The fourth-order valence-electron chi connectivity index (χ4n) is 5.83. The van der Waals surface area contributed by atoms with Gasteiger partial charge in [0.1, 0.15) is 5.60 Å². The Morgan fingerprint density at radius 2 is 1.63 bits per heavy atom. The average Bonchev–Trinajstić information content (AvgIpc) is 3.20. The van der Waals surface area contributed by atoms with Crippen LogP contribution in [0.25, 0.3) is 22.3 Å². The third kappa shape index (κ3) is 4.50. The minimum absolute atomic E-state index is 0.137. The topological polar surface area (TPSA) is 81.4 Å². The van der Waals surface area contributed by atoms with Gasteiger partial charge < -0.3 is 14.4 Å². The number of carbonyl (C=O) groups is 1. The highest BCUT2D eigenvalue weighted by molar-refractivity contribution is 6.76. The molecule has 202 valence electrons. The Bertz CT molecular complexity index is 1480. The van der Waals surface area contributed by atoms with Crippen LogP contribution in [0.3, 0.4) is 0 Å². The number of para-hydroxylation sites is 1. The van der Waals surface area contributed by atoms with E-state index in [9.17, 15) is 14.7 Å². The number of ether oxygens (including phenoxy) is 1. The monoisotopic (exact) mass is 548 g/mol. The Kier molecular flexibility index (Phi) is 6.40. The zero-order chi connectivity index (χ0) is 27.7. The van der Waals surface area contributed by atoms with Crippen LogP contribution in [0.15, 0.2) is 41.2 Å². The molecule has 0 saturated carbocycles. The number of rotatable bonds is 7. The number of benzene rings is 1. The highest BCUT2D eigenvalue weighted by Crippen LogP contribution is 2.49. The molecule has 5 rings (SSSR count). The number of fused-ring (bicyclic) bond motifs is 5. The fourth-order valence-corrected chi connectivity index (χ4v) is 8.13. The largest absolute Gasteiger partial charge is 0.452 e. The number of esters is 1. The summed E-state index contributed by atoms with van der Waals surface area (Å²) in [6.45, 7) is 16.0. The first-order valence-corrected chi connectivity index (χ1v) is 21.2. The van der Waals surface area contributed by atoms with Crippen LogP contribution in [-0.4, -0.2) is 36.8 Å². The van der Waals surface area contributed by atoms with Gasteiger partial charge in [-0.05, 0) is 37.5 Å². The van der Waals surface area contributed by atoms with E-state index in [-0.39, 0.29) is 12.0 Å². The van der Waals surface area contributed by atoms with Crippen LogP contribution in [0.4, 0.5) is 0 Å². The van der Waals surface area contributed by atoms with Crippen LogP contribution >= 0.6 is 0 Å². The molecule has 0 fully saturated rings. The molecule has 4 heterocycles. The van der Waals surface area contributed by atoms with Crippen molar-refractivity contribution in [3.63, 3.8) is 0 Å². The van der Waals surface area contributed by atoms with E-state index in [1.807, 2.05) is 30.3 Å². The second-order valence-electron chi connectivity index (χ2n) is 13.6. The van der Waals surface area contributed by atoms with Gasteiger partial charge in [-0.25, -0.2) is 9.78 Å². The van der Waals surface area contributed by atoms with E-state index in [1.165, 1.54) is 0 Å². The predicted octanol–water partition coefficient (Wildman–Crippen LogP) is 6.23. The Morgan fingerprint density at radius 1 is 1.00 bits per heavy atom. The number of hydrogen-bond acceptors (Lipinski definition) is 5. The molecule has 38 heavy (non-hydrogen) atoms. The lowest BCUT2D eigenvalue weighted by Gasteiger charge is -2.45. The van der Waals surface area contributed by atoms with Crippen molar-refractivity contribution in [2.75, 3.05) is 0 Å². The molecule has 0 radical (unpaired) electrons. The summed E-state index contributed by atoms with van der Waals surface area (Å²) in [5, 5.41) is 12.8. The second kappa shape index (κ2) is 9.00. The first-order valence-electron chi connectivity index (χ1n) is 13.8. The molecule has 3 aromatic rings. The van der Waals surface area contributed by atoms with Crippen molar-refractivity contribution in [1.82, 2.24) is 9.55 Å². The van der Waals surface area contributed by atoms with Gasteiger partial charge in [-0.1, -0.05) is 76.5 Å². The van der Waals surface area contributed by atoms with Gasteiger partial charge in [-0.3, -0.25) is 4.79 Å². The molecule has 1 atom stereocenters. The van der Waals surface area contributed by atoms with Gasteiger partial charge in [0.15, 0.2) is 5.60 Å². The molecule has 2 aromatic heterocycles. The Morgan fingerprint density at radius 3 is 2.24 bits per heavy atom. The average molecular weight is 549 g/mol. The van der Waals surface area contributed by atoms with Crippen molar-refractivity contribution >= 4 is 33.0 Å². The van der Waals surface area contributed by atoms with Crippen LogP contribution in [0, 0.1) is 0 Å². The summed E-state index contributed by atoms with van der Waals surface area (Å²) in [5.74, 6) is -0.632. The van der Waals surface area contributed by atoms with E-state index in [2.05, 4.69) is 45.3 Å².